The van der Waals surface area contributed by atoms with Crippen molar-refractivity contribution in [2.45, 2.75) is 30.9 Å². The van der Waals surface area contributed by atoms with Gasteiger partial charge in [0, 0.05) is 18.7 Å². The summed E-state index contributed by atoms with van der Waals surface area (Å²) in [5.74, 6) is -0.0728. The summed E-state index contributed by atoms with van der Waals surface area (Å²) in [4.78, 5) is 17.3. The van der Waals surface area contributed by atoms with Crippen LogP contribution in [0.4, 0.5) is 0 Å². The van der Waals surface area contributed by atoms with Gasteiger partial charge in [0.2, 0.25) is 0 Å². The van der Waals surface area contributed by atoms with Gasteiger partial charge in [-0.1, -0.05) is 36.4 Å². The number of amides is 1. The fraction of sp³-hybridized carbons (Fsp3) is 0.391. The van der Waals surface area contributed by atoms with Crippen LogP contribution in [-0.2, 0) is 5.60 Å². The van der Waals surface area contributed by atoms with Crippen molar-refractivity contribution in [3.63, 3.8) is 0 Å². The maximum atomic E-state index is 13.1. The SMILES string of the molecule is N#Cc1cccc(C(=O)N2CC[C@](O)(c3ccccc3)[C@H](N3CCCC3)C2)c1. The average molecular weight is 375 g/mol. The molecule has 0 unspecified atom stereocenters. The van der Waals surface area contributed by atoms with Crippen LogP contribution >= 0.6 is 0 Å². The smallest absolute Gasteiger partial charge is 0.253 e. The molecule has 144 valence electrons. The van der Waals surface area contributed by atoms with E-state index in [1.54, 1.807) is 24.3 Å². The molecule has 2 heterocycles. The third-order valence-corrected chi connectivity index (χ3v) is 6.09. The number of hydrogen-bond acceptors (Lipinski definition) is 4. The summed E-state index contributed by atoms with van der Waals surface area (Å²) in [6.07, 6.45) is 2.75. The van der Waals surface area contributed by atoms with Crippen molar-refractivity contribution in [1.29, 1.82) is 5.26 Å². The van der Waals surface area contributed by atoms with Crippen molar-refractivity contribution >= 4 is 5.91 Å². The Labute approximate surface area is 165 Å². The summed E-state index contributed by atoms with van der Waals surface area (Å²) >= 11 is 0. The normalized spacial score (nSPS) is 25.4. The lowest BCUT2D eigenvalue weighted by molar-refractivity contribution is -0.0878. The molecule has 28 heavy (non-hydrogen) atoms. The molecule has 0 saturated carbocycles. The van der Waals surface area contributed by atoms with Crippen LogP contribution in [0.2, 0.25) is 0 Å². The van der Waals surface area contributed by atoms with E-state index >= 15 is 0 Å². The topological polar surface area (TPSA) is 67.6 Å². The van der Waals surface area contributed by atoms with Crippen LogP contribution in [0.5, 0.6) is 0 Å². The molecule has 2 aromatic carbocycles. The van der Waals surface area contributed by atoms with Gasteiger partial charge in [-0.3, -0.25) is 9.69 Å². The van der Waals surface area contributed by atoms with Crippen LogP contribution < -0.4 is 0 Å². The van der Waals surface area contributed by atoms with Crippen molar-refractivity contribution in [3.05, 3.63) is 71.3 Å². The predicted octanol–water partition coefficient (Wildman–Crippen LogP) is 2.76. The number of piperidine rings is 1. The van der Waals surface area contributed by atoms with E-state index in [0.29, 0.717) is 30.6 Å². The Hall–Kier alpha value is -2.68. The number of carbonyl (C=O) groups is 1. The fourth-order valence-corrected chi connectivity index (χ4v) is 4.55. The van der Waals surface area contributed by atoms with Crippen LogP contribution in [0.15, 0.2) is 54.6 Å². The van der Waals surface area contributed by atoms with E-state index in [1.165, 1.54) is 0 Å². The zero-order valence-corrected chi connectivity index (χ0v) is 15.9. The zero-order chi connectivity index (χ0) is 19.6. The van der Waals surface area contributed by atoms with Crippen molar-refractivity contribution in [2.75, 3.05) is 26.2 Å². The van der Waals surface area contributed by atoms with Gasteiger partial charge in [-0.05, 0) is 56.1 Å². The Kier molecular flexibility index (Phi) is 5.17. The molecule has 5 nitrogen and oxygen atoms in total. The summed E-state index contributed by atoms with van der Waals surface area (Å²) in [5.41, 5.74) is 0.978. The highest BCUT2D eigenvalue weighted by Crippen LogP contribution is 2.37. The lowest BCUT2D eigenvalue weighted by Gasteiger charge is -2.48. The summed E-state index contributed by atoms with van der Waals surface area (Å²) < 4.78 is 0. The predicted molar refractivity (Wildman–Crippen MR) is 107 cm³/mol. The van der Waals surface area contributed by atoms with Crippen molar-refractivity contribution in [1.82, 2.24) is 9.80 Å². The molecule has 0 aromatic heterocycles. The average Bonchev–Trinajstić information content (AvgIpc) is 3.29. The molecule has 2 aromatic rings. The van der Waals surface area contributed by atoms with Gasteiger partial charge in [0.25, 0.3) is 5.91 Å². The Morgan fingerprint density at radius 2 is 1.82 bits per heavy atom. The number of nitriles is 1. The minimum Gasteiger partial charge on any atom is -0.383 e. The highest BCUT2D eigenvalue weighted by molar-refractivity contribution is 5.94. The Balaban J connectivity index is 1.62. The van der Waals surface area contributed by atoms with E-state index in [-0.39, 0.29) is 11.9 Å². The molecule has 2 saturated heterocycles. The van der Waals surface area contributed by atoms with Crippen molar-refractivity contribution < 1.29 is 9.90 Å². The highest BCUT2D eigenvalue weighted by atomic mass is 16.3. The van der Waals surface area contributed by atoms with Gasteiger partial charge in [0.05, 0.1) is 17.7 Å². The van der Waals surface area contributed by atoms with Gasteiger partial charge in [0.1, 0.15) is 5.60 Å². The molecular formula is C23H25N3O2. The minimum atomic E-state index is -0.961. The van der Waals surface area contributed by atoms with Gasteiger partial charge in [-0.2, -0.15) is 5.26 Å². The summed E-state index contributed by atoms with van der Waals surface area (Å²) in [6, 6.07) is 18.6. The van der Waals surface area contributed by atoms with Crippen LogP contribution in [0, 0.1) is 11.3 Å². The second-order valence-electron chi connectivity index (χ2n) is 7.74. The summed E-state index contributed by atoms with van der Waals surface area (Å²) in [7, 11) is 0. The number of likely N-dealkylation sites (tertiary alicyclic amines) is 2. The van der Waals surface area contributed by atoms with E-state index in [2.05, 4.69) is 11.0 Å². The second kappa shape index (κ2) is 7.75. The summed E-state index contributed by atoms with van der Waals surface area (Å²) in [6.45, 7) is 2.88. The first-order valence-electron chi connectivity index (χ1n) is 9.93. The Morgan fingerprint density at radius 1 is 1.07 bits per heavy atom. The first kappa shape index (κ1) is 18.7. The van der Waals surface area contributed by atoms with Crippen LogP contribution in [0.1, 0.15) is 40.7 Å². The molecule has 1 N–H and O–H groups in total. The lowest BCUT2D eigenvalue weighted by atomic mass is 9.79. The fourth-order valence-electron chi connectivity index (χ4n) is 4.55. The quantitative estimate of drug-likeness (QED) is 0.896. The molecular weight excluding hydrogens is 350 g/mol. The molecule has 0 aliphatic carbocycles. The number of rotatable bonds is 3. The first-order chi connectivity index (χ1) is 13.6. The number of nitrogens with zero attached hydrogens (tertiary/aromatic N) is 3. The molecule has 5 heteroatoms. The highest BCUT2D eigenvalue weighted by Gasteiger charge is 2.47. The van der Waals surface area contributed by atoms with E-state index in [0.717, 1.165) is 31.5 Å². The zero-order valence-electron chi connectivity index (χ0n) is 15.9. The molecule has 4 rings (SSSR count). The van der Waals surface area contributed by atoms with E-state index in [4.69, 9.17) is 5.26 Å². The maximum absolute atomic E-state index is 13.1. The second-order valence-corrected chi connectivity index (χ2v) is 7.74. The van der Waals surface area contributed by atoms with Crippen LogP contribution in [0.25, 0.3) is 0 Å². The number of benzene rings is 2. The Bertz CT molecular complexity index is 886. The van der Waals surface area contributed by atoms with E-state index < -0.39 is 5.60 Å². The molecule has 2 fully saturated rings. The van der Waals surface area contributed by atoms with Crippen molar-refractivity contribution in [3.8, 4) is 6.07 Å². The maximum Gasteiger partial charge on any atom is 0.253 e. The summed E-state index contributed by atoms with van der Waals surface area (Å²) in [5, 5.41) is 20.8. The van der Waals surface area contributed by atoms with Gasteiger partial charge >= 0.3 is 0 Å². The van der Waals surface area contributed by atoms with Gasteiger partial charge in [0.15, 0.2) is 0 Å². The number of carbonyl (C=O) groups excluding carboxylic acids is 1. The Morgan fingerprint density at radius 3 is 2.54 bits per heavy atom. The third-order valence-electron chi connectivity index (χ3n) is 6.09. The van der Waals surface area contributed by atoms with Crippen molar-refractivity contribution in [2.24, 2.45) is 0 Å². The molecule has 1 amide bonds. The molecule has 0 bridgehead atoms. The largest absolute Gasteiger partial charge is 0.383 e. The van der Waals surface area contributed by atoms with E-state index in [9.17, 15) is 9.90 Å². The molecule has 0 spiro atoms. The van der Waals surface area contributed by atoms with Gasteiger partial charge in [-0.15, -0.1) is 0 Å². The van der Waals surface area contributed by atoms with Crippen LogP contribution in [-0.4, -0.2) is 53.0 Å². The molecule has 2 aliphatic rings. The molecule has 0 radical (unpaired) electrons. The first-order valence-corrected chi connectivity index (χ1v) is 9.93. The van der Waals surface area contributed by atoms with Gasteiger partial charge < -0.3 is 10.0 Å². The molecule has 2 aliphatic heterocycles. The minimum absolute atomic E-state index is 0.0728. The van der Waals surface area contributed by atoms with E-state index in [1.807, 2.05) is 35.2 Å². The number of aliphatic hydroxyl groups is 1. The monoisotopic (exact) mass is 375 g/mol. The third kappa shape index (κ3) is 3.42. The number of hydrogen-bond donors (Lipinski definition) is 1. The van der Waals surface area contributed by atoms with Gasteiger partial charge in [-0.25, -0.2) is 0 Å². The standard InChI is InChI=1S/C23H25N3O2/c24-16-18-7-6-8-19(15-18)22(27)26-14-11-23(28,20-9-2-1-3-10-20)21(17-26)25-12-4-5-13-25/h1-3,6-10,15,21,28H,4-5,11-14,17H2/t21-,23+/m1/s1. The lowest BCUT2D eigenvalue weighted by Crippen LogP contribution is -2.61. The van der Waals surface area contributed by atoms with Crippen LogP contribution in [0.3, 0.4) is 0 Å². The molecule has 2 atom stereocenters.